The fourth-order valence-electron chi connectivity index (χ4n) is 2.39. The molecule has 0 fully saturated rings. The van der Waals surface area contributed by atoms with Crippen LogP contribution in [0.4, 0.5) is 0 Å². The number of benzene rings is 1. The van der Waals surface area contributed by atoms with Gasteiger partial charge in [0.05, 0.1) is 10.5 Å². The molecule has 0 aliphatic carbocycles. The van der Waals surface area contributed by atoms with Crippen molar-refractivity contribution in [2.75, 3.05) is 7.05 Å². The van der Waals surface area contributed by atoms with Crippen LogP contribution in [0.1, 0.15) is 23.8 Å². The van der Waals surface area contributed by atoms with Crippen LogP contribution < -0.4 is 5.32 Å². The first kappa shape index (κ1) is 13.9. The highest BCUT2D eigenvalue weighted by molar-refractivity contribution is 9.10. The summed E-state index contributed by atoms with van der Waals surface area (Å²) in [6.45, 7) is 0. The molecule has 3 aromatic rings. The van der Waals surface area contributed by atoms with E-state index in [-0.39, 0.29) is 6.04 Å². The lowest BCUT2D eigenvalue weighted by Crippen LogP contribution is -2.16. The Labute approximate surface area is 130 Å². The van der Waals surface area contributed by atoms with E-state index in [1.54, 1.807) is 11.3 Å². The van der Waals surface area contributed by atoms with Gasteiger partial charge in [0.2, 0.25) is 0 Å². The molecule has 20 heavy (non-hydrogen) atoms. The summed E-state index contributed by atoms with van der Waals surface area (Å²) in [5.41, 5.74) is 2.32. The molecule has 2 nitrogen and oxygen atoms in total. The summed E-state index contributed by atoms with van der Waals surface area (Å²) in [5.74, 6) is 1.00. The van der Waals surface area contributed by atoms with Gasteiger partial charge in [-0.3, -0.25) is 0 Å². The van der Waals surface area contributed by atoms with Crippen LogP contribution >= 0.6 is 27.3 Å². The Morgan fingerprint density at radius 2 is 2.25 bits per heavy atom. The smallest absolute Gasteiger partial charge is 0.148 e. The van der Waals surface area contributed by atoms with Gasteiger partial charge in [0.15, 0.2) is 0 Å². The van der Waals surface area contributed by atoms with Gasteiger partial charge in [0.25, 0.3) is 0 Å². The predicted molar refractivity (Wildman–Crippen MR) is 88.4 cm³/mol. The number of fused-ring (bicyclic) bond motifs is 1. The van der Waals surface area contributed by atoms with Crippen LogP contribution in [0.5, 0.6) is 0 Å². The van der Waals surface area contributed by atoms with Crippen molar-refractivity contribution >= 4 is 38.2 Å². The van der Waals surface area contributed by atoms with Crippen molar-refractivity contribution in [2.24, 2.45) is 0 Å². The number of hydrogen-bond donors (Lipinski definition) is 1. The largest absolute Gasteiger partial charge is 0.458 e. The minimum atomic E-state index is 0.245. The van der Waals surface area contributed by atoms with Gasteiger partial charge in [-0.2, -0.15) is 11.3 Å². The molecule has 1 atom stereocenters. The summed E-state index contributed by atoms with van der Waals surface area (Å²) in [5, 5.41) is 8.84. The molecule has 0 saturated carbocycles. The molecule has 4 heteroatoms. The van der Waals surface area contributed by atoms with Gasteiger partial charge < -0.3 is 9.73 Å². The van der Waals surface area contributed by atoms with Crippen LogP contribution in [-0.4, -0.2) is 7.05 Å². The number of halogens is 1. The van der Waals surface area contributed by atoms with Crippen molar-refractivity contribution in [3.05, 3.63) is 56.9 Å². The maximum atomic E-state index is 6.01. The molecule has 2 aromatic heterocycles. The second-order valence-corrected chi connectivity index (χ2v) is 6.45. The number of nitrogens with one attached hydrogen (secondary N) is 1. The van der Waals surface area contributed by atoms with Crippen molar-refractivity contribution in [3.8, 4) is 0 Å². The van der Waals surface area contributed by atoms with Crippen molar-refractivity contribution in [1.82, 2.24) is 5.32 Å². The maximum Gasteiger partial charge on any atom is 0.148 e. The summed E-state index contributed by atoms with van der Waals surface area (Å²) >= 11 is 5.29. The van der Waals surface area contributed by atoms with E-state index in [4.69, 9.17) is 4.42 Å². The number of para-hydroxylation sites is 1. The van der Waals surface area contributed by atoms with E-state index >= 15 is 0 Å². The molecular weight excluding hydrogens is 334 g/mol. The highest BCUT2D eigenvalue weighted by atomic mass is 79.9. The molecule has 0 bridgehead atoms. The third-order valence-corrected chi connectivity index (χ3v) is 4.87. The fraction of sp³-hybridized carbons (Fsp3) is 0.250. The molecule has 104 valence electrons. The average molecular weight is 350 g/mol. The second-order valence-electron chi connectivity index (χ2n) is 4.82. The second kappa shape index (κ2) is 6.12. The third-order valence-electron chi connectivity index (χ3n) is 3.51. The first-order valence-corrected chi connectivity index (χ1v) is 8.38. The van der Waals surface area contributed by atoms with E-state index in [0.29, 0.717) is 0 Å². The Bertz CT molecular complexity index is 690. The minimum Gasteiger partial charge on any atom is -0.458 e. The van der Waals surface area contributed by atoms with Crippen molar-refractivity contribution in [1.29, 1.82) is 0 Å². The lowest BCUT2D eigenvalue weighted by molar-refractivity contribution is 0.433. The molecule has 0 aliphatic heterocycles. The third kappa shape index (κ3) is 2.82. The Morgan fingerprint density at radius 3 is 2.95 bits per heavy atom. The SMILES string of the molecule is CNC(CCc1ccsc1)c1cc2cccc(Br)c2o1. The Hall–Kier alpha value is -1.10. The molecule has 3 rings (SSSR count). The first-order valence-electron chi connectivity index (χ1n) is 6.64. The molecule has 1 aromatic carbocycles. The standard InChI is InChI=1S/C16H16BrNOS/c1-18-14(6-5-11-7-8-20-10-11)15-9-12-3-2-4-13(17)16(12)19-15/h2-4,7-10,14,18H,5-6H2,1H3. The normalized spacial score (nSPS) is 12.9. The molecule has 1 N–H and O–H groups in total. The van der Waals surface area contributed by atoms with E-state index < -0.39 is 0 Å². The predicted octanol–water partition coefficient (Wildman–Crippen LogP) is 5.15. The van der Waals surface area contributed by atoms with Crippen LogP contribution in [0.15, 0.2) is 50.0 Å². The molecule has 0 aliphatic rings. The van der Waals surface area contributed by atoms with E-state index in [0.717, 1.165) is 34.0 Å². The van der Waals surface area contributed by atoms with Crippen LogP contribution in [0.3, 0.4) is 0 Å². The Balaban J connectivity index is 1.81. The van der Waals surface area contributed by atoms with E-state index in [9.17, 15) is 0 Å². The average Bonchev–Trinajstić information content (AvgIpc) is 3.09. The van der Waals surface area contributed by atoms with Crippen LogP contribution in [0, 0.1) is 0 Å². The highest BCUT2D eigenvalue weighted by Gasteiger charge is 2.15. The summed E-state index contributed by atoms with van der Waals surface area (Å²) < 4.78 is 7.02. The number of aryl methyl sites for hydroxylation is 1. The Kier molecular flexibility index (Phi) is 4.24. The summed E-state index contributed by atoms with van der Waals surface area (Å²) in [4.78, 5) is 0. The monoisotopic (exact) mass is 349 g/mol. The lowest BCUT2D eigenvalue weighted by Gasteiger charge is -2.12. The first-order chi connectivity index (χ1) is 9.78. The molecule has 2 heterocycles. The summed E-state index contributed by atoms with van der Waals surface area (Å²) in [6, 6.07) is 10.7. The van der Waals surface area contributed by atoms with Gasteiger partial charge in [-0.1, -0.05) is 12.1 Å². The van der Waals surface area contributed by atoms with Crippen LogP contribution in [-0.2, 0) is 6.42 Å². The van der Waals surface area contributed by atoms with Crippen molar-refractivity contribution in [2.45, 2.75) is 18.9 Å². The van der Waals surface area contributed by atoms with E-state index in [1.807, 2.05) is 19.2 Å². The number of thiophene rings is 1. The molecule has 0 saturated heterocycles. The van der Waals surface area contributed by atoms with Gasteiger partial charge in [-0.15, -0.1) is 0 Å². The molecule has 0 radical (unpaired) electrons. The minimum absolute atomic E-state index is 0.245. The zero-order chi connectivity index (χ0) is 13.9. The van der Waals surface area contributed by atoms with E-state index in [1.165, 1.54) is 5.56 Å². The highest BCUT2D eigenvalue weighted by Crippen LogP contribution is 2.31. The maximum absolute atomic E-state index is 6.01. The van der Waals surface area contributed by atoms with Crippen molar-refractivity contribution < 1.29 is 4.42 Å². The summed E-state index contributed by atoms with van der Waals surface area (Å²) in [6.07, 6.45) is 2.10. The lowest BCUT2D eigenvalue weighted by atomic mass is 10.1. The van der Waals surface area contributed by atoms with Crippen LogP contribution in [0.25, 0.3) is 11.0 Å². The molecule has 1 unspecified atom stereocenters. The van der Waals surface area contributed by atoms with Gasteiger partial charge in [-0.25, -0.2) is 0 Å². The Morgan fingerprint density at radius 1 is 1.35 bits per heavy atom. The molecular formula is C16H16BrNOS. The zero-order valence-electron chi connectivity index (χ0n) is 11.2. The van der Waals surface area contributed by atoms with Crippen molar-refractivity contribution in [3.63, 3.8) is 0 Å². The van der Waals surface area contributed by atoms with Gasteiger partial charge >= 0.3 is 0 Å². The van der Waals surface area contributed by atoms with Crippen LogP contribution in [0.2, 0.25) is 0 Å². The summed E-state index contributed by atoms with van der Waals surface area (Å²) in [7, 11) is 1.99. The number of hydrogen-bond acceptors (Lipinski definition) is 3. The zero-order valence-corrected chi connectivity index (χ0v) is 13.6. The quantitative estimate of drug-likeness (QED) is 0.688. The molecule has 0 amide bonds. The fourth-order valence-corrected chi connectivity index (χ4v) is 3.56. The van der Waals surface area contributed by atoms with Gasteiger partial charge in [-0.05, 0) is 70.3 Å². The van der Waals surface area contributed by atoms with Gasteiger partial charge in [0.1, 0.15) is 11.3 Å². The van der Waals surface area contributed by atoms with Gasteiger partial charge in [0, 0.05) is 5.39 Å². The number of rotatable bonds is 5. The van der Waals surface area contributed by atoms with E-state index in [2.05, 4.69) is 50.2 Å². The topological polar surface area (TPSA) is 25.2 Å². The molecule has 0 spiro atoms. The number of furan rings is 1.